The lowest BCUT2D eigenvalue weighted by atomic mass is 10.1. The molecule has 0 unspecified atom stereocenters. The van der Waals surface area contributed by atoms with E-state index in [1.165, 1.54) is 22.9 Å². The number of nitrogens with zero attached hydrogens (tertiary/aromatic N) is 3. The number of amides is 1. The van der Waals surface area contributed by atoms with Crippen LogP contribution in [0.3, 0.4) is 0 Å². The fraction of sp³-hybridized carbons (Fsp3) is 0.160. The van der Waals surface area contributed by atoms with Crippen molar-refractivity contribution in [2.24, 2.45) is 5.10 Å². The Hall–Kier alpha value is -3.38. The number of thioether (sulfide) groups is 1. The number of rotatable bonds is 7. The molecule has 0 aliphatic rings. The Balaban J connectivity index is 1.47. The second-order valence-corrected chi connectivity index (χ2v) is 8.28. The van der Waals surface area contributed by atoms with E-state index in [-0.39, 0.29) is 11.7 Å². The normalized spacial score (nSPS) is 11.6. The number of hydrazone groups is 1. The number of benzene rings is 3. The van der Waals surface area contributed by atoms with E-state index >= 15 is 0 Å². The van der Waals surface area contributed by atoms with E-state index in [0.29, 0.717) is 6.54 Å². The molecule has 156 valence electrons. The molecule has 0 aliphatic heterocycles. The average Bonchev–Trinajstić information content (AvgIpc) is 3.15. The Morgan fingerprint density at radius 1 is 1.00 bits per heavy atom. The van der Waals surface area contributed by atoms with E-state index < -0.39 is 0 Å². The maximum absolute atomic E-state index is 12.4. The van der Waals surface area contributed by atoms with Crippen molar-refractivity contribution in [1.29, 1.82) is 0 Å². The van der Waals surface area contributed by atoms with Crippen LogP contribution in [0.15, 0.2) is 89.1 Å². The summed E-state index contributed by atoms with van der Waals surface area (Å²) in [4.78, 5) is 17.1. The van der Waals surface area contributed by atoms with Crippen LogP contribution in [-0.2, 0) is 11.3 Å². The summed E-state index contributed by atoms with van der Waals surface area (Å²) < 4.78 is 2.16. The highest BCUT2D eigenvalue weighted by molar-refractivity contribution is 7.99. The highest BCUT2D eigenvalue weighted by Gasteiger charge is 2.13. The van der Waals surface area contributed by atoms with Crippen LogP contribution in [0.25, 0.3) is 11.0 Å². The quantitative estimate of drug-likeness (QED) is 0.255. The molecular formula is C25H24N4OS. The van der Waals surface area contributed by atoms with Crippen LogP contribution in [-0.4, -0.2) is 26.9 Å². The molecule has 0 fully saturated rings. The summed E-state index contributed by atoms with van der Waals surface area (Å²) >= 11 is 1.42. The number of para-hydroxylation sites is 2. The number of hydrogen-bond donors (Lipinski definition) is 1. The Bertz CT molecular complexity index is 1210. The number of nitrogens with one attached hydrogen (secondary N) is 1. The summed E-state index contributed by atoms with van der Waals surface area (Å²) in [5.41, 5.74) is 8.82. The number of carbonyl (C=O) groups is 1. The second kappa shape index (κ2) is 9.62. The van der Waals surface area contributed by atoms with Crippen molar-refractivity contribution in [3.8, 4) is 0 Å². The Labute approximate surface area is 186 Å². The van der Waals surface area contributed by atoms with Gasteiger partial charge in [-0.2, -0.15) is 5.10 Å². The van der Waals surface area contributed by atoms with E-state index in [4.69, 9.17) is 4.98 Å². The Morgan fingerprint density at radius 3 is 2.48 bits per heavy atom. The Kier molecular flexibility index (Phi) is 6.48. The standard InChI is InChI=1S/C25H24N4OS/c1-18-12-14-20(15-13-18)16-29-23-11-7-6-10-22(23)26-25(29)31-17-24(30)28-27-19(2)21-8-4-3-5-9-21/h3-15H,16-17H2,1-2H3,(H,28,30)/b27-19-. The summed E-state index contributed by atoms with van der Waals surface area (Å²) in [7, 11) is 0. The van der Waals surface area contributed by atoms with Crippen molar-refractivity contribution >= 4 is 34.4 Å². The topological polar surface area (TPSA) is 59.3 Å². The van der Waals surface area contributed by atoms with Crippen molar-refractivity contribution in [3.05, 3.63) is 95.6 Å². The fourth-order valence-electron chi connectivity index (χ4n) is 3.24. The fourth-order valence-corrected chi connectivity index (χ4v) is 4.05. The predicted octanol–water partition coefficient (Wildman–Crippen LogP) is 5.03. The van der Waals surface area contributed by atoms with Crippen LogP contribution in [0.1, 0.15) is 23.6 Å². The second-order valence-electron chi connectivity index (χ2n) is 7.34. The minimum absolute atomic E-state index is 0.158. The zero-order chi connectivity index (χ0) is 21.6. The number of imidazole rings is 1. The highest BCUT2D eigenvalue weighted by Crippen LogP contribution is 2.25. The van der Waals surface area contributed by atoms with Gasteiger partial charge in [0.1, 0.15) is 0 Å². The van der Waals surface area contributed by atoms with Crippen LogP contribution >= 0.6 is 11.8 Å². The predicted molar refractivity (Wildman–Crippen MR) is 128 cm³/mol. The van der Waals surface area contributed by atoms with Gasteiger partial charge in [0, 0.05) is 0 Å². The zero-order valence-electron chi connectivity index (χ0n) is 17.6. The number of aromatic nitrogens is 2. The van der Waals surface area contributed by atoms with Gasteiger partial charge < -0.3 is 4.57 Å². The molecule has 1 heterocycles. The van der Waals surface area contributed by atoms with Crippen LogP contribution in [0.4, 0.5) is 0 Å². The number of aryl methyl sites for hydroxylation is 1. The minimum Gasteiger partial charge on any atom is -0.314 e. The summed E-state index contributed by atoms with van der Waals surface area (Å²) in [6, 6.07) is 26.3. The third-order valence-corrected chi connectivity index (χ3v) is 5.93. The first-order chi connectivity index (χ1) is 15.1. The molecule has 6 heteroatoms. The van der Waals surface area contributed by atoms with E-state index in [9.17, 15) is 4.79 Å². The number of fused-ring (bicyclic) bond motifs is 1. The van der Waals surface area contributed by atoms with Gasteiger partial charge in [0.05, 0.1) is 29.0 Å². The van der Waals surface area contributed by atoms with E-state index in [0.717, 1.165) is 27.5 Å². The van der Waals surface area contributed by atoms with Gasteiger partial charge in [-0.1, -0.05) is 84.1 Å². The molecule has 0 bridgehead atoms. The van der Waals surface area contributed by atoms with E-state index in [2.05, 4.69) is 52.3 Å². The van der Waals surface area contributed by atoms with Crippen LogP contribution in [0, 0.1) is 6.92 Å². The van der Waals surface area contributed by atoms with Gasteiger partial charge in [-0.05, 0) is 37.1 Å². The first-order valence-electron chi connectivity index (χ1n) is 10.1. The van der Waals surface area contributed by atoms with Crippen molar-refractivity contribution in [1.82, 2.24) is 15.0 Å². The first-order valence-corrected chi connectivity index (χ1v) is 11.1. The lowest BCUT2D eigenvalue weighted by Gasteiger charge is -2.09. The van der Waals surface area contributed by atoms with Gasteiger partial charge in [-0.3, -0.25) is 4.79 Å². The summed E-state index contributed by atoms with van der Waals surface area (Å²) in [6.45, 7) is 4.66. The molecule has 0 aliphatic carbocycles. The molecule has 31 heavy (non-hydrogen) atoms. The van der Waals surface area contributed by atoms with Crippen molar-refractivity contribution in [2.45, 2.75) is 25.5 Å². The minimum atomic E-state index is -0.158. The van der Waals surface area contributed by atoms with Crippen LogP contribution in [0.5, 0.6) is 0 Å². The maximum Gasteiger partial charge on any atom is 0.250 e. The van der Waals surface area contributed by atoms with E-state index in [1.54, 1.807) is 0 Å². The number of hydrogen-bond acceptors (Lipinski definition) is 4. The smallest absolute Gasteiger partial charge is 0.250 e. The molecule has 0 radical (unpaired) electrons. The van der Waals surface area contributed by atoms with Crippen molar-refractivity contribution in [3.63, 3.8) is 0 Å². The summed E-state index contributed by atoms with van der Waals surface area (Å²) in [6.07, 6.45) is 0. The molecule has 0 spiro atoms. The summed E-state index contributed by atoms with van der Waals surface area (Å²) in [5.74, 6) is 0.0808. The molecule has 5 nitrogen and oxygen atoms in total. The molecule has 3 aromatic carbocycles. The number of carbonyl (C=O) groups excluding carboxylic acids is 1. The van der Waals surface area contributed by atoms with Gasteiger partial charge in [-0.15, -0.1) is 0 Å². The largest absolute Gasteiger partial charge is 0.314 e. The zero-order valence-corrected chi connectivity index (χ0v) is 18.4. The molecule has 0 saturated heterocycles. The van der Waals surface area contributed by atoms with Gasteiger partial charge >= 0.3 is 0 Å². The lowest BCUT2D eigenvalue weighted by molar-refractivity contribution is -0.118. The van der Waals surface area contributed by atoms with Gasteiger partial charge in [0.25, 0.3) is 5.91 Å². The third kappa shape index (κ3) is 5.22. The molecule has 1 amide bonds. The van der Waals surface area contributed by atoms with Gasteiger partial charge in [0.15, 0.2) is 5.16 Å². The molecule has 1 aromatic heterocycles. The summed E-state index contributed by atoms with van der Waals surface area (Å²) in [5, 5.41) is 5.04. The van der Waals surface area contributed by atoms with Crippen molar-refractivity contribution in [2.75, 3.05) is 5.75 Å². The first kappa shape index (κ1) is 20.9. The van der Waals surface area contributed by atoms with Crippen LogP contribution in [0.2, 0.25) is 0 Å². The molecular weight excluding hydrogens is 404 g/mol. The van der Waals surface area contributed by atoms with Crippen molar-refractivity contribution < 1.29 is 4.79 Å². The van der Waals surface area contributed by atoms with Gasteiger partial charge in [0.2, 0.25) is 0 Å². The average molecular weight is 429 g/mol. The van der Waals surface area contributed by atoms with E-state index in [1.807, 2.05) is 55.5 Å². The third-order valence-electron chi connectivity index (χ3n) is 4.95. The SMILES string of the molecule is C/C(=N/NC(=O)CSc1nc2ccccc2n1Cc1ccc(C)cc1)c1ccccc1. The van der Waals surface area contributed by atoms with Crippen LogP contribution < -0.4 is 5.43 Å². The molecule has 4 rings (SSSR count). The maximum atomic E-state index is 12.4. The Morgan fingerprint density at radius 2 is 1.71 bits per heavy atom. The van der Waals surface area contributed by atoms with Gasteiger partial charge in [-0.25, -0.2) is 10.4 Å². The highest BCUT2D eigenvalue weighted by atomic mass is 32.2. The molecule has 4 aromatic rings. The molecule has 0 saturated carbocycles. The monoisotopic (exact) mass is 428 g/mol. The lowest BCUT2D eigenvalue weighted by Crippen LogP contribution is -2.21. The molecule has 0 atom stereocenters. The molecule has 1 N–H and O–H groups in total.